The van der Waals surface area contributed by atoms with E-state index >= 15 is 0 Å². The highest BCUT2D eigenvalue weighted by Crippen LogP contribution is 2.16. The second-order valence-corrected chi connectivity index (χ2v) is 3.96. The second-order valence-electron chi connectivity index (χ2n) is 3.69. The van der Waals surface area contributed by atoms with E-state index in [1.165, 1.54) is 0 Å². The number of nitrogens with zero attached hydrogens (tertiary/aromatic N) is 2. The lowest BCUT2D eigenvalue weighted by atomic mass is 10.3. The highest BCUT2D eigenvalue weighted by atomic mass is 35.5. The fourth-order valence-electron chi connectivity index (χ4n) is 1.26. The minimum absolute atomic E-state index is 0.347. The summed E-state index contributed by atoms with van der Waals surface area (Å²) in [6.07, 6.45) is 2.49. The molecule has 0 spiro atoms. The van der Waals surface area contributed by atoms with Crippen molar-refractivity contribution in [2.75, 3.05) is 33.5 Å². The van der Waals surface area contributed by atoms with Crippen molar-refractivity contribution in [1.29, 1.82) is 0 Å². The highest BCUT2D eigenvalue weighted by Gasteiger charge is 2.05. The Bertz CT molecular complexity index is 350. The molecule has 1 aromatic heterocycles. The first-order valence-electron chi connectivity index (χ1n) is 5.86. The number of rotatable bonds is 9. The number of halogens is 1. The quantitative estimate of drug-likeness (QED) is 0.509. The van der Waals surface area contributed by atoms with Crippen molar-refractivity contribution >= 4 is 11.6 Å². The Morgan fingerprint density at radius 3 is 2.78 bits per heavy atom. The van der Waals surface area contributed by atoms with Crippen LogP contribution in [0.25, 0.3) is 0 Å². The van der Waals surface area contributed by atoms with Gasteiger partial charge in [-0.25, -0.2) is 4.98 Å². The molecule has 0 aromatic carbocycles. The Labute approximate surface area is 112 Å². The fourth-order valence-corrected chi connectivity index (χ4v) is 1.45. The maximum atomic E-state index is 5.78. The Morgan fingerprint density at radius 1 is 1.22 bits per heavy atom. The summed E-state index contributed by atoms with van der Waals surface area (Å²) in [5, 5.41) is 0. The smallest absolute Gasteiger partial charge is 0.221 e. The van der Waals surface area contributed by atoms with Gasteiger partial charge in [0.15, 0.2) is 0 Å². The van der Waals surface area contributed by atoms with Gasteiger partial charge in [0.1, 0.15) is 5.82 Å². The Hall–Kier alpha value is -0.910. The predicted octanol–water partition coefficient (Wildman–Crippen LogP) is 1.96. The molecule has 6 heteroatoms. The Kier molecular flexibility index (Phi) is 7.64. The van der Waals surface area contributed by atoms with Crippen molar-refractivity contribution in [3.63, 3.8) is 0 Å². The summed E-state index contributed by atoms with van der Waals surface area (Å²) in [4.78, 5) is 8.29. The number of hydrogen-bond acceptors (Lipinski definition) is 5. The number of hydrogen-bond donors (Lipinski definition) is 0. The summed E-state index contributed by atoms with van der Waals surface area (Å²) in [5.74, 6) is 1.59. The van der Waals surface area contributed by atoms with Crippen LogP contribution in [0, 0.1) is 6.92 Å². The molecule has 0 saturated heterocycles. The normalized spacial score (nSPS) is 10.6. The molecule has 0 unspecified atom stereocenters. The number of alkyl halides is 1. The molecule has 0 N–H and O–H groups in total. The standard InChI is InChI=1S/C12H19ClN2O3/c1-10-14-9-11(8-13)12(15-10)18-5-3-4-17-7-6-16-2/h9H,3-8H2,1-2H3. The molecular formula is C12H19ClN2O3. The average Bonchev–Trinajstić information content (AvgIpc) is 2.38. The number of methoxy groups -OCH3 is 1. The summed E-state index contributed by atoms with van der Waals surface area (Å²) in [6.45, 7) is 4.23. The van der Waals surface area contributed by atoms with Gasteiger partial charge in [-0.3, -0.25) is 0 Å². The van der Waals surface area contributed by atoms with E-state index in [4.69, 9.17) is 25.8 Å². The number of ether oxygens (including phenoxy) is 3. The van der Waals surface area contributed by atoms with Crippen LogP contribution < -0.4 is 4.74 Å². The Morgan fingerprint density at radius 2 is 2.06 bits per heavy atom. The lowest BCUT2D eigenvalue weighted by molar-refractivity contribution is 0.0641. The first kappa shape index (κ1) is 15.1. The van der Waals surface area contributed by atoms with Gasteiger partial charge in [-0.05, 0) is 6.92 Å². The molecule has 1 aromatic rings. The molecular weight excluding hydrogens is 256 g/mol. The molecule has 18 heavy (non-hydrogen) atoms. The van der Waals surface area contributed by atoms with Crippen LogP contribution in [0.15, 0.2) is 6.20 Å². The van der Waals surface area contributed by atoms with Crippen molar-refractivity contribution in [3.8, 4) is 5.88 Å². The monoisotopic (exact) mass is 274 g/mol. The molecule has 1 heterocycles. The molecule has 1 rings (SSSR count). The van der Waals surface area contributed by atoms with Gasteiger partial charge in [0.05, 0.1) is 25.7 Å². The van der Waals surface area contributed by atoms with Crippen molar-refractivity contribution in [2.24, 2.45) is 0 Å². The molecule has 0 amide bonds. The summed E-state index contributed by atoms with van der Waals surface area (Å²) in [5.41, 5.74) is 0.808. The lowest BCUT2D eigenvalue weighted by Crippen LogP contribution is -2.08. The van der Waals surface area contributed by atoms with Gasteiger partial charge in [0.2, 0.25) is 5.88 Å². The molecule has 0 radical (unpaired) electrons. The largest absolute Gasteiger partial charge is 0.477 e. The molecule has 0 aliphatic heterocycles. The minimum Gasteiger partial charge on any atom is -0.477 e. The number of aromatic nitrogens is 2. The molecule has 102 valence electrons. The average molecular weight is 275 g/mol. The van der Waals surface area contributed by atoms with E-state index in [-0.39, 0.29) is 0 Å². The topological polar surface area (TPSA) is 53.5 Å². The minimum atomic E-state index is 0.347. The van der Waals surface area contributed by atoms with Gasteiger partial charge in [0, 0.05) is 31.9 Å². The zero-order valence-electron chi connectivity index (χ0n) is 10.8. The van der Waals surface area contributed by atoms with Gasteiger partial charge in [0.25, 0.3) is 0 Å². The molecule has 0 aliphatic carbocycles. The fraction of sp³-hybridized carbons (Fsp3) is 0.667. The van der Waals surface area contributed by atoms with Gasteiger partial charge in [-0.2, -0.15) is 4.98 Å². The first-order valence-corrected chi connectivity index (χ1v) is 6.39. The van der Waals surface area contributed by atoms with Crippen molar-refractivity contribution in [3.05, 3.63) is 17.6 Å². The van der Waals surface area contributed by atoms with Crippen LogP contribution >= 0.6 is 11.6 Å². The van der Waals surface area contributed by atoms with Crippen LogP contribution in [-0.2, 0) is 15.4 Å². The third kappa shape index (κ3) is 5.62. The van der Waals surface area contributed by atoms with Crippen LogP contribution in [0.1, 0.15) is 17.8 Å². The van der Waals surface area contributed by atoms with Gasteiger partial charge in [-0.15, -0.1) is 11.6 Å². The molecule has 0 bridgehead atoms. The Balaban J connectivity index is 2.24. The van der Waals surface area contributed by atoms with E-state index in [9.17, 15) is 0 Å². The van der Waals surface area contributed by atoms with Crippen molar-refractivity contribution in [2.45, 2.75) is 19.2 Å². The van der Waals surface area contributed by atoms with E-state index in [0.29, 0.717) is 44.0 Å². The van der Waals surface area contributed by atoms with Gasteiger partial charge < -0.3 is 14.2 Å². The van der Waals surface area contributed by atoms with E-state index in [0.717, 1.165) is 12.0 Å². The maximum absolute atomic E-state index is 5.78. The third-order valence-electron chi connectivity index (χ3n) is 2.19. The first-order chi connectivity index (χ1) is 8.77. The van der Waals surface area contributed by atoms with Crippen molar-refractivity contribution in [1.82, 2.24) is 9.97 Å². The van der Waals surface area contributed by atoms with E-state index in [2.05, 4.69) is 9.97 Å². The molecule has 0 saturated carbocycles. The van der Waals surface area contributed by atoms with Crippen LogP contribution in [0.3, 0.4) is 0 Å². The van der Waals surface area contributed by atoms with Crippen LogP contribution in [-0.4, -0.2) is 43.5 Å². The molecule has 5 nitrogen and oxygen atoms in total. The zero-order valence-corrected chi connectivity index (χ0v) is 11.6. The molecule has 0 aliphatic rings. The predicted molar refractivity (Wildman–Crippen MR) is 69.1 cm³/mol. The van der Waals surface area contributed by atoms with Gasteiger partial charge >= 0.3 is 0 Å². The van der Waals surface area contributed by atoms with E-state index in [1.54, 1.807) is 13.3 Å². The summed E-state index contributed by atoms with van der Waals surface area (Å²) < 4.78 is 15.8. The third-order valence-corrected chi connectivity index (χ3v) is 2.48. The SMILES string of the molecule is COCCOCCCOc1nc(C)ncc1CCl. The second kappa shape index (κ2) is 9.08. The highest BCUT2D eigenvalue weighted by molar-refractivity contribution is 6.17. The van der Waals surface area contributed by atoms with Crippen molar-refractivity contribution < 1.29 is 14.2 Å². The van der Waals surface area contributed by atoms with E-state index < -0.39 is 0 Å². The van der Waals surface area contributed by atoms with Crippen LogP contribution in [0.4, 0.5) is 0 Å². The zero-order chi connectivity index (χ0) is 13.2. The summed E-state index contributed by atoms with van der Waals surface area (Å²) in [6, 6.07) is 0. The molecule has 0 fully saturated rings. The summed E-state index contributed by atoms with van der Waals surface area (Å²) >= 11 is 5.78. The van der Waals surface area contributed by atoms with Gasteiger partial charge in [-0.1, -0.05) is 0 Å². The van der Waals surface area contributed by atoms with Crippen LogP contribution in [0.5, 0.6) is 5.88 Å². The van der Waals surface area contributed by atoms with E-state index in [1.807, 2.05) is 6.92 Å². The lowest BCUT2D eigenvalue weighted by Gasteiger charge is -2.09. The molecule has 0 atom stereocenters. The summed E-state index contributed by atoms with van der Waals surface area (Å²) in [7, 11) is 1.65. The maximum Gasteiger partial charge on any atom is 0.221 e. The van der Waals surface area contributed by atoms with Crippen LogP contribution in [0.2, 0.25) is 0 Å². The number of aryl methyl sites for hydroxylation is 1.